The molecule has 0 amide bonds. The second-order valence-electron chi connectivity index (χ2n) is 4.93. The molecule has 1 aliphatic carbocycles. The van der Waals surface area contributed by atoms with Crippen LogP contribution in [0.25, 0.3) is 0 Å². The highest BCUT2D eigenvalue weighted by atomic mass is 35.5. The Morgan fingerprint density at radius 1 is 1.63 bits per heavy atom. The Morgan fingerprint density at radius 3 is 2.79 bits per heavy atom. The van der Waals surface area contributed by atoms with Crippen molar-refractivity contribution in [3.8, 4) is 0 Å². The van der Waals surface area contributed by atoms with E-state index in [2.05, 4.69) is 10.4 Å². The van der Waals surface area contributed by atoms with Crippen LogP contribution in [0.4, 0.5) is 0 Å². The quantitative estimate of drug-likeness (QED) is 0.810. The summed E-state index contributed by atoms with van der Waals surface area (Å²) in [5.74, 6) is 0.234. The van der Waals surface area contributed by atoms with Crippen LogP contribution >= 0.6 is 11.6 Å². The molecule has 0 aromatic carbocycles. The maximum Gasteiger partial charge on any atom is 0.323 e. The highest BCUT2D eigenvalue weighted by Gasteiger charge is 2.37. The molecule has 1 N–H and O–H groups in total. The van der Waals surface area contributed by atoms with Crippen molar-refractivity contribution in [2.75, 3.05) is 6.61 Å². The van der Waals surface area contributed by atoms with Gasteiger partial charge in [0, 0.05) is 19.2 Å². The molecule has 6 heteroatoms. The molecule has 19 heavy (non-hydrogen) atoms. The molecule has 1 saturated carbocycles. The number of hydrogen-bond donors (Lipinski definition) is 1. The van der Waals surface area contributed by atoms with E-state index in [0.717, 1.165) is 24.1 Å². The highest BCUT2D eigenvalue weighted by Crippen LogP contribution is 2.33. The van der Waals surface area contributed by atoms with Crippen molar-refractivity contribution in [2.24, 2.45) is 13.0 Å². The smallest absolute Gasteiger partial charge is 0.323 e. The van der Waals surface area contributed by atoms with E-state index in [1.165, 1.54) is 0 Å². The molecule has 1 fully saturated rings. The van der Waals surface area contributed by atoms with Gasteiger partial charge in [-0.1, -0.05) is 11.6 Å². The molecule has 0 spiro atoms. The minimum Gasteiger partial charge on any atom is -0.465 e. The van der Waals surface area contributed by atoms with Crippen LogP contribution in [0.5, 0.6) is 0 Å². The van der Waals surface area contributed by atoms with Crippen molar-refractivity contribution >= 4 is 17.6 Å². The minimum absolute atomic E-state index is 0.164. The first-order valence-electron chi connectivity index (χ1n) is 6.62. The first-order chi connectivity index (χ1) is 9.04. The lowest BCUT2D eigenvalue weighted by atomic mass is 10.1. The first kappa shape index (κ1) is 14.3. The molecule has 1 aromatic rings. The predicted octanol–water partition coefficient (Wildman–Crippen LogP) is 1.81. The van der Waals surface area contributed by atoms with Crippen LogP contribution in [-0.4, -0.2) is 28.4 Å². The van der Waals surface area contributed by atoms with Gasteiger partial charge in [-0.15, -0.1) is 0 Å². The minimum atomic E-state index is -0.226. The fourth-order valence-corrected chi connectivity index (χ4v) is 2.43. The number of halogens is 1. The summed E-state index contributed by atoms with van der Waals surface area (Å²) in [6.45, 7) is 4.69. The molecule has 0 saturated heterocycles. The Labute approximate surface area is 118 Å². The zero-order valence-corrected chi connectivity index (χ0v) is 12.3. The van der Waals surface area contributed by atoms with Gasteiger partial charge in [-0.2, -0.15) is 5.10 Å². The van der Waals surface area contributed by atoms with Gasteiger partial charge in [0.05, 0.1) is 12.3 Å². The van der Waals surface area contributed by atoms with Gasteiger partial charge in [0.25, 0.3) is 0 Å². The molecule has 5 nitrogen and oxygen atoms in total. The van der Waals surface area contributed by atoms with Crippen molar-refractivity contribution in [1.29, 1.82) is 0 Å². The second-order valence-corrected chi connectivity index (χ2v) is 5.28. The fourth-order valence-electron chi connectivity index (χ4n) is 2.19. The van der Waals surface area contributed by atoms with Gasteiger partial charge in [0.1, 0.15) is 11.2 Å². The summed E-state index contributed by atoms with van der Waals surface area (Å²) in [6, 6.07) is -0.226. The third-order valence-electron chi connectivity index (χ3n) is 3.40. The number of nitrogens with one attached hydrogen (secondary N) is 1. The topological polar surface area (TPSA) is 56.1 Å². The zero-order valence-electron chi connectivity index (χ0n) is 11.6. The molecule has 1 heterocycles. The molecule has 1 atom stereocenters. The van der Waals surface area contributed by atoms with Gasteiger partial charge in [-0.05, 0) is 32.6 Å². The van der Waals surface area contributed by atoms with E-state index in [0.29, 0.717) is 24.2 Å². The third-order valence-corrected chi connectivity index (χ3v) is 3.88. The Bertz CT molecular complexity index is 469. The van der Waals surface area contributed by atoms with Crippen molar-refractivity contribution < 1.29 is 9.53 Å². The van der Waals surface area contributed by atoms with Crippen molar-refractivity contribution in [1.82, 2.24) is 15.1 Å². The van der Waals surface area contributed by atoms with Gasteiger partial charge in [0.2, 0.25) is 0 Å². The van der Waals surface area contributed by atoms with Crippen LogP contribution < -0.4 is 5.32 Å². The Balaban J connectivity index is 2.00. The fraction of sp³-hybridized carbons (Fsp3) is 0.692. The van der Waals surface area contributed by atoms with Crippen LogP contribution in [0.3, 0.4) is 0 Å². The first-order valence-corrected chi connectivity index (χ1v) is 7.00. The van der Waals surface area contributed by atoms with Gasteiger partial charge in [-0.25, -0.2) is 0 Å². The molecule has 0 bridgehead atoms. The van der Waals surface area contributed by atoms with Crippen molar-refractivity contribution in [2.45, 2.75) is 39.3 Å². The summed E-state index contributed by atoms with van der Waals surface area (Å²) in [6.07, 6.45) is 2.16. The zero-order chi connectivity index (χ0) is 14.0. The number of rotatable bonds is 6. The Hall–Kier alpha value is -1.07. The van der Waals surface area contributed by atoms with Gasteiger partial charge in [0.15, 0.2) is 0 Å². The molecular formula is C13H20ClN3O2. The molecule has 106 valence electrons. The summed E-state index contributed by atoms with van der Waals surface area (Å²) in [7, 11) is 1.81. The van der Waals surface area contributed by atoms with E-state index < -0.39 is 0 Å². The SMILES string of the molecule is CCOC(=O)[C@@H](NCc1c(C)nn(C)c1Cl)C1CC1. The maximum atomic E-state index is 11.9. The van der Waals surface area contributed by atoms with Crippen LogP contribution in [0.1, 0.15) is 31.0 Å². The lowest BCUT2D eigenvalue weighted by molar-refractivity contribution is -0.146. The van der Waals surface area contributed by atoms with E-state index >= 15 is 0 Å². The lowest BCUT2D eigenvalue weighted by Crippen LogP contribution is -2.39. The molecule has 0 unspecified atom stereocenters. The molecule has 0 aliphatic heterocycles. The summed E-state index contributed by atoms with van der Waals surface area (Å²) in [4.78, 5) is 11.9. The van der Waals surface area contributed by atoms with Crippen molar-refractivity contribution in [3.05, 3.63) is 16.4 Å². The molecule has 2 rings (SSSR count). The maximum absolute atomic E-state index is 11.9. The number of aromatic nitrogens is 2. The van der Waals surface area contributed by atoms with Crippen LogP contribution in [0.2, 0.25) is 5.15 Å². The second kappa shape index (κ2) is 5.92. The number of nitrogens with zero attached hydrogens (tertiary/aromatic N) is 2. The van der Waals surface area contributed by atoms with Crippen molar-refractivity contribution in [3.63, 3.8) is 0 Å². The van der Waals surface area contributed by atoms with E-state index in [1.54, 1.807) is 4.68 Å². The lowest BCUT2D eigenvalue weighted by Gasteiger charge is -2.16. The van der Waals surface area contributed by atoms with Gasteiger partial charge < -0.3 is 4.74 Å². The van der Waals surface area contributed by atoms with Crippen LogP contribution in [0, 0.1) is 12.8 Å². The summed E-state index contributed by atoms with van der Waals surface area (Å²) in [5, 5.41) is 8.14. The number of carbonyl (C=O) groups is 1. The number of carbonyl (C=O) groups excluding carboxylic acids is 1. The monoisotopic (exact) mass is 285 g/mol. The summed E-state index contributed by atoms with van der Waals surface area (Å²) in [5.41, 5.74) is 1.83. The largest absolute Gasteiger partial charge is 0.465 e. The van der Waals surface area contributed by atoms with E-state index in [1.807, 2.05) is 20.9 Å². The van der Waals surface area contributed by atoms with E-state index in [4.69, 9.17) is 16.3 Å². The third kappa shape index (κ3) is 3.28. The predicted molar refractivity (Wildman–Crippen MR) is 72.9 cm³/mol. The number of hydrogen-bond acceptors (Lipinski definition) is 4. The molecule has 1 aromatic heterocycles. The molecule has 0 radical (unpaired) electrons. The van der Waals surface area contributed by atoms with E-state index in [9.17, 15) is 4.79 Å². The average molecular weight is 286 g/mol. The standard InChI is InChI=1S/C13H20ClN3O2/c1-4-19-13(18)11(9-5-6-9)15-7-10-8(2)16-17(3)12(10)14/h9,11,15H,4-7H2,1-3H3/t11-/m0/s1. The Kier molecular flexibility index (Phi) is 4.47. The normalized spacial score (nSPS) is 16.4. The number of aryl methyl sites for hydroxylation is 2. The summed E-state index contributed by atoms with van der Waals surface area (Å²) >= 11 is 6.18. The number of esters is 1. The molecular weight excluding hydrogens is 266 g/mol. The van der Waals surface area contributed by atoms with E-state index in [-0.39, 0.29) is 12.0 Å². The van der Waals surface area contributed by atoms with Crippen LogP contribution in [0.15, 0.2) is 0 Å². The Morgan fingerprint density at radius 2 is 2.32 bits per heavy atom. The average Bonchev–Trinajstić information content (AvgIpc) is 3.14. The molecule has 1 aliphatic rings. The highest BCUT2D eigenvalue weighted by molar-refractivity contribution is 6.30. The van der Waals surface area contributed by atoms with Gasteiger partial charge in [-0.3, -0.25) is 14.8 Å². The summed E-state index contributed by atoms with van der Waals surface area (Å²) < 4.78 is 6.75. The van der Waals surface area contributed by atoms with Gasteiger partial charge >= 0.3 is 5.97 Å². The van der Waals surface area contributed by atoms with Crippen LogP contribution in [-0.2, 0) is 23.1 Å². The number of ether oxygens (including phenoxy) is 1.